The molecule has 3 aromatic carbocycles. The highest BCUT2D eigenvalue weighted by Gasteiger charge is 2.16. The SMILES string of the molecule is O=C(COC(=O)COc1ccccc1[N+](=O)[O-])Nc1ccccc1Sc1ccccc1. The van der Waals surface area contributed by atoms with E-state index in [0.717, 1.165) is 9.79 Å². The number of hydrogen-bond donors (Lipinski definition) is 1. The number of nitro groups is 1. The average Bonchev–Trinajstić information content (AvgIpc) is 2.78. The predicted octanol–water partition coefficient (Wildman–Crippen LogP) is 4.31. The Morgan fingerprint density at radius 1 is 0.903 bits per heavy atom. The van der Waals surface area contributed by atoms with E-state index in [9.17, 15) is 19.7 Å². The number of benzene rings is 3. The normalized spacial score (nSPS) is 10.2. The predicted molar refractivity (Wildman–Crippen MR) is 115 cm³/mol. The van der Waals surface area contributed by atoms with E-state index in [2.05, 4.69) is 5.32 Å². The first-order valence-electron chi connectivity index (χ1n) is 9.16. The summed E-state index contributed by atoms with van der Waals surface area (Å²) in [6.07, 6.45) is 0. The number of para-hydroxylation sites is 3. The zero-order chi connectivity index (χ0) is 22.1. The molecule has 0 radical (unpaired) electrons. The minimum atomic E-state index is -0.819. The first-order valence-corrected chi connectivity index (χ1v) is 9.98. The Hall–Kier alpha value is -3.85. The van der Waals surface area contributed by atoms with Gasteiger partial charge in [0.1, 0.15) is 0 Å². The molecule has 31 heavy (non-hydrogen) atoms. The Balaban J connectivity index is 1.51. The van der Waals surface area contributed by atoms with Crippen LogP contribution in [0.4, 0.5) is 11.4 Å². The van der Waals surface area contributed by atoms with E-state index in [1.54, 1.807) is 18.2 Å². The first-order chi connectivity index (χ1) is 15.0. The van der Waals surface area contributed by atoms with Gasteiger partial charge in [0.2, 0.25) is 0 Å². The van der Waals surface area contributed by atoms with Gasteiger partial charge in [-0.15, -0.1) is 0 Å². The average molecular weight is 438 g/mol. The topological polar surface area (TPSA) is 108 Å². The zero-order valence-electron chi connectivity index (χ0n) is 16.2. The molecule has 0 unspecified atom stereocenters. The van der Waals surface area contributed by atoms with Gasteiger partial charge in [-0.3, -0.25) is 14.9 Å². The van der Waals surface area contributed by atoms with Crippen LogP contribution in [0.15, 0.2) is 88.7 Å². The molecule has 0 atom stereocenters. The van der Waals surface area contributed by atoms with Gasteiger partial charge in [-0.05, 0) is 30.3 Å². The minimum absolute atomic E-state index is 0.0548. The number of hydrogen-bond acceptors (Lipinski definition) is 7. The van der Waals surface area contributed by atoms with Crippen molar-refractivity contribution in [2.24, 2.45) is 0 Å². The molecule has 158 valence electrons. The maximum Gasteiger partial charge on any atom is 0.344 e. The van der Waals surface area contributed by atoms with E-state index in [0.29, 0.717) is 5.69 Å². The lowest BCUT2D eigenvalue weighted by Crippen LogP contribution is -2.24. The van der Waals surface area contributed by atoms with Gasteiger partial charge in [-0.25, -0.2) is 4.79 Å². The molecule has 0 aliphatic heterocycles. The number of carbonyl (C=O) groups excluding carboxylic acids is 2. The van der Waals surface area contributed by atoms with Crippen molar-refractivity contribution in [1.82, 2.24) is 0 Å². The molecule has 8 nitrogen and oxygen atoms in total. The molecule has 0 saturated heterocycles. The van der Waals surface area contributed by atoms with Crippen molar-refractivity contribution in [3.05, 3.63) is 89.0 Å². The summed E-state index contributed by atoms with van der Waals surface area (Å²) in [5.74, 6) is -1.39. The molecule has 0 aromatic heterocycles. The smallest absolute Gasteiger partial charge is 0.344 e. The molecule has 0 aliphatic carbocycles. The van der Waals surface area contributed by atoms with E-state index in [1.165, 1.54) is 30.0 Å². The van der Waals surface area contributed by atoms with Crippen molar-refractivity contribution >= 4 is 35.0 Å². The third kappa shape index (κ3) is 6.58. The molecule has 0 fully saturated rings. The van der Waals surface area contributed by atoms with Crippen molar-refractivity contribution in [3.63, 3.8) is 0 Å². The van der Waals surface area contributed by atoms with Crippen molar-refractivity contribution in [2.75, 3.05) is 18.5 Å². The summed E-state index contributed by atoms with van der Waals surface area (Å²) in [4.78, 5) is 36.3. The molecule has 0 heterocycles. The summed E-state index contributed by atoms with van der Waals surface area (Å²) < 4.78 is 10.0. The standard InChI is InChI=1S/C22H18N2O6S/c25-21(14-30-22(26)15-29-19-12-6-5-11-18(19)24(27)28)23-17-10-4-7-13-20(17)31-16-8-2-1-3-9-16/h1-13H,14-15H2,(H,23,25). The van der Waals surface area contributed by atoms with Crippen LogP contribution < -0.4 is 10.1 Å². The molecule has 0 saturated carbocycles. The third-order valence-electron chi connectivity index (χ3n) is 3.90. The minimum Gasteiger partial charge on any atom is -0.475 e. The van der Waals surface area contributed by atoms with Gasteiger partial charge >= 0.3 is 11.7 Å². The highest BCUT2D eigenvalue weighted by Crippen LogP contribution is 2.33. The lowest BCUT2D eigenvalue weighted by atomic mass is 10.3. The molecule has 0 bridgehead atoms. The van der Waals surface area contributed by atoms with Crippen molar-refractivity contribution < 1.29 is 24.0 Å². The summed E-state index contributed by atoms with van der Waals surface area (Å²) in [6.45, 7) is -1.07. The largest absolute Gasteiger partial charge is 0.475 e. The number of rotatable bonds is 9. The number of nitro benzene ring substituents is 1. The highest BCUT2D eigenvalue weighted by atomic mass is 32.2. The zero-order valence-corrected chi connectivity index (χ0v) is 17.0. The second-order valence-corrected chi connectivity index (χ2v) is 7.25. The Morgan fingerprint density at radius 3 is 2.35 bits per heavy atom. The highest BCUT2D eigenvalue weighted by molar-refractivity contribution is 7.99. The fraction of sp³-hybridized carbons (Fsp3) is 0.0909. The molecule has 0 spiro atoms. The fourth-order valence-electron chi connectivity index (χ4n) is 2.52. The summed E-state index contributed by atoms with van der Waals surface area (Å²) >= 11 is 1.49. The number of anilines is 1. The first kappa shape index (κ1) is 21.8. The van der Waals surface area contributed by atoms with Crippen LogP contribution in [0.5, 0.6) is 5.75 Å². The van der Waals surface area contributed by atoms with Crippen LogP contribution in [-0.2, 0) is 14.3 Å². The number of esters is 1. The van der Waals surface area contributed by atoms with E-state index in [-0.39, 0.29) is 11.4 Å². The van der Waals surface area contributed by atoms with Gasteiger partial charge in [-0.2, -0.15) is 0 Å². The number of amides is 1. The third-order valence-corrected chi connectivity index (χ3v) is 4.99. The van der Waals surface area contributed by atoms with Gasteiger partial charge < -0.3 is 14.8 Å². The number of ether oxygens (including phenoxy) is 2. The number of carbonyl (C=O) groups is 2. The molecule has 3 aromatic rings. The Bertz CT molecular complexity index is 1070. The van der Waals surface area contributed by atoms with E-state index < -0.39 is 30.0 Å². The Kier molecular flexibility index (Phi) is 7.61. The van der Waals surface area contributed by atoms with Crippen LogP contribution in [0, 0.1) is 10.1 Å². The van der Waals surface area contributed by atoms with Crippen LogP contribution in [0.3, 0.4) is 0 Å². The van der Waals surface area contributed by atoms with Crippen molar-refractivity contribution in [1.29, 1.82) is 0 Å². The van der Waals surface area contributed by atoms with Crippen LogP contribution in [0.25, 0.3) is 0 Å². The van der Waals surface area contributed by atoms with E-state index in [4.69, 9.17) is 9.47 Å². The second-order valence-electron chi connectivity index (χ2n) is 6.13. The number of nitrogens with zero attached hydrogens (tertiary/aromatic N) is 1. The van der Waals surface area contributed by atoms with Crippen LogP contribution in [0.1, 0.15) is 0 Å². The maximum absolute atomic E-state index is 12.2. The van der Waals surface area contributed by atoms with E-state index in [1.807, 2.05) is 42.5 Å². The number of nitrogens with one attached hydrogen (secondary N) is 1. The lowest BCUT2D eigenvalue weighted by Gasteiger charge is -2.11. The fourth-order valence-corrected chi connectivity index (χ4v) is 3.44. The molecule has 1 N–H and O–H groups in total. The quantitative estimate of drug-likeness (QED) is 0.301. The second kappa shape index (κ2) is 10.8. The molecule has 0 aliphatic rings. The van der Waals surface area contributed by atoms with E-state index >= 15 is 0 Å². The van der Waals surface area contributed by atoms with Crippen LogP contribution >= 0.6 is 11.8 Å². The summed E-state index contributed by atoms with van der Waals surface area (Å²) in [5.41, 5.74) is 0.328. The monoisotopic (exact) mass is 438 g/mol. The van der Waals surface area contributed by atoms with Gasteiger partial charge in [0, 0.05) is 15.9 Å². The molecular weight excluding hydrogens is 420 g/mol. The molecule has 9 heteroatoms. The maximum atomic E-state index is 12.2. The Morgan fingerprint density at radius 2 is 1.58 bits per heavy atom. The van der Waals surface area contributed by atoms with Crippen molar-refractivity contribution in [3.8, 4) is 5.75 Å². The molecule has 3 rings (SSSR count). The lowest BCUT2D eigenvalue weighted by molar-refractivity contribution is -0.385. The van der Waals surface area contributed by atoms with Gasteiger partial charge in [0.25, 0.3) is 5.91 Å². The van der Waals surface area contributed by atoms with Gasteiger partial charge in [0.15, 0.2) is 19.0 Å². The van der Waals surface area contributed by atoms with Crippen LogP contribution in [0.2, 0.25) is 0 Å². The summed E-state index contributed by atoms with van der Waals surface area (Å²) in [6, 6.07) is 22.6. The molecule has 1 amide bonds. The summed E-state index contributed by atoms with van der Waals surface area (Å²) in [5, 5.41) is 13.7. The van der Waals surface area contributed by atoms with Crippen LogP contribution in [-0.4, -0.2) is 30.0 Å². The Labute approximate surface area is 182 Å². The molecular formula is C22H18N2O6S. The van der Waals surface area contributed by atoms with Gasteiger partial charge in [0.05, 0.1) is 10.6 Å². The van der Waals surface area contributed by atoms with Crippen molar-refractivity contribution in [2.45, 2.75) is 9.79 Å². The summed E-state index contributed by atoms with van der Waals surface area (Å²) in [7, 11) is 0. The van der Waals surface area contributed by atoms with Gasteiger partial charge in [-0.1, -0.05) is 54.2 Å².